The number of carbonyl (C=O) groups excluding carboxylic acids is 1. The highest BCUT2D eigenvalue weighted by Crippen LogP contribution is 2.26. The molecule has 2 heterocycles. The van der Waals surface area contributed by atoms with Gasteiger partial charge < -0.3 is 10.1 Å². The Balaban J connectivity index is 1.44. The number of anilines is 1. The molecule has 0 saturated heterocycles. The van der Waals surface area contributed by atoms with E-state index < -0.39 is 11.6 Å². The lowest BCUT2D eigenvalue weighted by Gasteiger charge is -2.05. The molecular weight excluding hydrogens is 396 g/mol. The Morgan fingerprint density at radius 3 is 2.69 bits per heavy atom. The highest BCUT2D eigenvalue weighted by atomic mass is 32.1. The maximum Gasteiger partial charge on any atom is 0.224 e. The zero-order valence-corrected chi connectivity index (χ0v) is 16.3. The summed E-state index contributed by atoms with van der Waals surface area (Å²) in [4.78, 5) is 17.6. The normalized spacial score (nSPS) is 11.0. The van der Waals surface area contributed by atoms with E-state index in [-0.39, 0.29) is 18.0 Å². The fourth-order valence-electron chi connectivity index (χ4n) is 2.95. The number of fused-ring (bicyclic) bond motifs is 1. The van der Waals surface area contributed by atoms with Gasteiger partial charge in [-0.2, -0.15) is 0 Å². The average molecular weight is 413 g/mol. The number of methoxy groups -OCH3 is 1. The van der Waals surface area contributed by atoms with Crippen LogP contribution < -0.4 is 10.1 Å². The van der Waals surface area contributed by atoms with E-state index in [1.54, 1.807) is 7.11 Å². The van der Waals surface area contributed by atoms with Crippen LogP contribution in [0.25, 0.3) is 16.2 Å². The third-order valence-electron chi connectivity index (χ3n) is 4.48. The molecule has 0 saturated carbocycles. The summed E-state index contributed by atoms with van der Waals surface area (Å²) in [7, 11) is 1.62. The van der Waals surface area contributed by atoms with Crippen LogP contribution in [0.1, 0.15) is 12.1 Å². The maximum absolute atomic E-state index is 13.3. The molecule has 0 bridgehead atoms. The smallest absolute Gasteiger partial charge is 0.224 e. The van der Waals surface area contributed by atoms with Gasteiger partial charge in [-0.25, -0.2) is 13.8 Å². The van der Waals surface area contributed by atoms with Gasteiger partial charge in [-0.15, -0.1) is 11.3 Å². The van der Waals surface area contributed by atoms with Crippen LogP contribution in [-0.2, 0) is 11.2 Å². The fourth-order valence-corrected chi connectivity index (χ4v) is 3.86. The second kappa shape index (κ2) is 8.00. The van der Waals surface area contributed by atoms with Crippen molar-refractivity contribution in [3.05, 3.63) is 71.4 Å². The first-order valence-electron chi connectivity index (χ1n) is 8.88. The van der Waals surface area contributed by atoms with Crippen LogP contribution in [0.3, 0.4) is 0 Å². The number of hydrogen-bond acceptors (Lipinski definition) is 4. The van der Waals surface area contributed by atoms with E-state index in [4.69, 9.17) is 4.74 Å². The van der Waals surface area contributed by atoms with Gasteiger partial charge in [0.25, 0.3) is 0 Å². The van der Waals surface area contributed by atoms with Gasteiger partial charge in [0.15, 0.2) is 16.6 Å². The molecule has 0 aliphatic rings. The molecule has 2 aromatic heterocycles. The lowest BCUT2D eigenvalue weighted by atomic mass is 10.1. The number of nitrogens with one attached hydrogen (secondary N) is 1. The summed E-state index contributed by atoms with van der Waals surface area (Å²) in [5.74, 6) is -1.43. The van der Waals surface area contributed by atoms with E-state index in [9.17, 15) is 13.6 Å². The predicted octanol–water partition coefficient (Wildman–Crippen LogP) is 4.92. The number of amides is 1. The highest BCUT2D eigenvalue weighted by molar-refractivity contribution is 7.15. The number of aromatic nitrogens is 2. The fraction of sp³-hybridized carbons (Fsp3) is 0.143. The molecule has 0 unspecified atom stereocenters. The topological polar surface area (TPSA) is 55.6 Å². The molecule has 1 amide bonds. The minimum atomic E-state index is -0.994. The van der Waals surface area contributed by atoms with Crippen molar-refractivity contribution in [2.24, 2.45) is 0 Å². The summed E-state index contributed by atoms with van der Waals surface area (Å²) < 4.78 is 33.4. The molecule has 2 aromatic carbocycles. The van der Waals surface area contributed by atoms with Gasteiger partial charge in [0.2, 0.25) is 5.91 Å². The first-order valence-corrected chi connectivity index (χ1v) is 9.76. The number of halogens is 2. The largest absolute Gasteiger partial charge is 0.497 e. The molecule has 0 atom stereocenters. The van der Waals surface area contributed by atoms with Crippen molar-refractivity contribution >= 4 is 27.9 Å². The first kappa shape index (κ1) is 19.1. The van der Waals surface area contributed by atoms with Crippen LogP contribution in [-0.4, -0.2) is 22.4 Å². The van der Waals surface area contributed by atoms with E-state index in [1.807, 2.05) is 40.2 Å². The van der Waals surface area contributed by atoms with Crippen molar-refractivity contribution in [2.45, 2.75) is 12.8 Å². The molecule has 0 aliphatic heterocycles. The number of nitrogens with zero attached hydrogens (tertiary/aromatic N) is 2. The summed E-state index contributed by atoms with van der Waals surface area (Å²) in [5, 5.41) is 4.55. The van der Waals surface area contributed by atoms with Gasteiger partial charge in [-0.05, 0) is 42.8 Å². The summed E-state index contributed by atoms with van der Waals surface area (Å²) in [6.45, 7) is 0. The SMILES string of the molecule is COc1ccc(-c2cn3c(CCC(=O)Nc4ccc(F)c(F)c4)csc3n2)cc1. The predicted molar refractivity (Wildman–Crippen MR) is 108 cm³/mol. The Kier molecular flexibility index (Phi) is 5.26. The zero-order valence-electron chi connectivity index (χ0n) is 15.5. The average Bonchev–Trinajstić information content (AvgIpc) is 3.30. The second-order valence-electron chi connectivity index (χ2n) is 6.41. The van der Waals surface area contributed by atoms with Crippen molar-refractivity contribution < 1.29 is 18.3 Å². The van der Waals surface area contributed by atoms with Crippen LogP contribution in [0.4, 0.5) is 14.5 Å². The summed E-state index contributed by atoms with van der Waals surface area (Å²) >= 11 is 1.50. The van der Waals surface area contributed by atoms with Crippen LogP contribution >= 0.6 is 11.3 Å². The van der Waals surface area contributed by atoms with E-state index >= 15 is 0 Å². The van der Waals surface area contributed by atoms with E-state index in [1.165, 1.54) is 17.4 Å². The standard InChI is InChI=1S/C21H17F2N3O2S/c1-28-16-6-2-13(3-7-16)19-11-26-15(12-29-21(26)25-19)5-9-20(27)24-14-4-8-17(22)18(23)10-14/h2-4,6-8,10-12H,5,9H2,1H3,(H,24,27). The molecule has 0 spiro atoms. The Hall–Kier alpha value is -3.26. The third-order valence-corrected chi connectivity index (χ3v) is 5.37. The van der Waals surface area contributed by atoms with Gasteiger partial charge in [0.1, 0.15) is 5.75 Å². The lowest BCUT2D eigenvalue weighted by Crippen LogP contribution is -2.13. The lowest BCUT2D eigenvalue weighted by molar-refractivity contribution is -0.116. The molecule has 0 fully saturated rings. The number of aryl methyl sites for hydroxylation is 1. The van der Waals surface area contributed by atoms with Gasteiger partial charge in [-0.1, -0.05) is 0 Å². The Labute approximate surface area is 169 Å². The molecule has 29 heavy (non-hydrogen) atoms. The summed E-state index contributed by atoms with van der Waals surface area (Å²) in [5.41, 5.74) is 3.00. The van der Waals surface area contributed by atoms with Gasteiger partial charge in [0, 0.05) is 41.0 Å². The van der Waals surface area contributed by atoms with Gasteiger partial charge >= 0.3 is 0 Å². The van der Waals surface area contributed by atoms with E-state index in [0.29, 0.717) is 6.42 Å². The van der Waals surface area contributed by atoms with E-state index in [2.05, 4.69) is 10.3 Å². The number of benzene rings is 2. The number of rotatable bonds is 6. The maximum atomic E-state index is 13.3. The second-order valence-corrected chi connectivity index (χ2v) is 7.25. The monoisotopic (exact) mass is 413 g/mol. The summed E-state index contributed by atoms with van der Waals surface area (Å²) in [6.07, 6.45) is 2.64. The molecule has 5 nitrogen and oxygen atoms in total. The number of carbonyl (C=O) groups is 1. The van der Waals surface area contributed by atoms with Crippen molar-refractivity contribution in [1.82, 2.24) is 9.38 Å². The Morgan fingerprint density at radius 1 is 1.17 bits per heavy atom. The van der Waals surface area contributed by atoms with Crippen molar-refractivity contribution in [3.63, 3.8) is 0 Å². The Morgan fingerprint density at radius 2 is 1.97 bits per heavy atom. The number of ether oxygens (including phenoxy) is 1. The molecule has 8 heteroatoms. The Bertz CT molecular complexity index is 1170. The van der Waals surface area contributed by atoms with E-state index in [0.717, 1.165) is 39.8 Å². The first-order chi connectivity index (χ1) is 14.0. The van der Waals surface area contributed by atoms with Crippen molar-refractivity contribution in [2.75, 3.05) is 12.4 Å². The van der Waals surface area contributed by atoms with Crippen LogP contribution in [0.5, 0.6) is 5.75 Å². The van der Waals surface area contributed by atoms with Crippen LogP contribution in [0, 0.1) is 11.6 Å². The number of hydrogen-bond donors (Lipinski definition) is 1. The molecule has 148 valence electrons. The van der Waals surface area contributed by atoms with Gasteiger partial charge in [0.05, 0.1) is 12.8 Å². The van der Waals surface area contributed by atoms with Crippen LogP contribution in [0.2, 0.25) is 0 Å². The molecule has 0 radical (unpaired) electrons. The minimum Gasteiger partial charge on any atom is -0.497 e. The molecular formula is C21H17F2N3O2S. The minimum absolute atomic E-state index is 0.209. The number of thiazole rings is 1. The number of imidazole rings is 1. The quantitative estimate of drug-likeness (QED) is 0.488. The molecule has 4 aromatic rings. The summed E-state index contributed by atoms with van der Waals surface area (Å²) in [6, 6.07) is 10.9. The van der Waals surface area contributed by atoms with Gasteiger partial charge in [-0.3, -0.25) is 9.20 Å². The van der Waals surface area contributed by atoms with Crippen molar-refractivity contribution in [3.8, 4) is 17.0 Å². The highest BCUT2D eigenvalue weighted by Gasteiger charge is 2.12. The molecule has 1 N–H and O–H groups in total. The zero-order chi connectivity index (χ0) is 20.4. The molecule has 4 rings (SSSR count). The third kappa shape index (κ3) is 4.12. The van der Waals surface area contributed by atoms with Crippen LogP contribution in [0.15, 0.2) is 54.0 Å². The molecule has 0 aliphatic carbocycles. The van der Waals surface area contributed by atoms with Crippen molar-refractivity contribution in [1.29, 1.82) is 0 Å².